The molecule has 1 aromatic carbocycles. The van der Waals surface area contributed by atoms with Gasteiger partial charge in [-0.3, -0.25) is 0 Å². The van der Waals surface area contributed by atoms with E-state index in [1.54, 1.807) is 32.0 Å². The minimum Gasteiger partial charge on any atom is -0.482 e. The largest absolute Gasteiger partial charge is 0.482 e. The number of carbonyl (C=O) groups is 2. The van der Waals surface area contributed by atoms with Gasteiger partial charge in [-0.25, -0.2) is 9.59 Å². The monoisotopic (exact) mass is 252 g/mol. The Morgan fingerprint density at radius 3 is 2.50 bits per heavy atom. The van der Waals surface area contributed by atoms with Crippen molar-refractivity contribution in [2.24, 2.45) is 0 Å². The lowest BCUT2D eigenvalue weighted by atomic mass is 10.2. The summed E-state index contributed by atoms with van der Waals surface area (Å²) in [6.45, 7) is 3.90. The van der Waals surface area contributed by atoms with Gasteiger partial charge in [0.25, 0.3) is 0 Å². The Labute approximate surface area is 106 Å². The summed E-state index contributed by atoms with van der Waals surface area (Å²) in [6.07, 6.45) is 0. The second kappa shape index (κ2) is 7.32. The molecule has 0 heterocycles. The highest BCUT2D eigenvalue weighted by Gasteiger charge is 2.08. The van der Waals surface area contributed by atoms with Crippen molar-refractivity contribution in [1.29, 1.82) is 0 Å². The zero-order chi connectivity index (χ0) is 13.4. The third-order valence-electron chi connectivity index (χ3n) is 2.01. The number of esters is 2. The van der Waals surface area contributed by atoms with Gasteiger partial charge < -0.3 is 14.2 Å². The topological polar surface area (TPSA) is 61.8 Å². The van der Waals surface area contributed by atoms with Gasteiger partial charge in [0, 0.05) is 0 Å². The number of hydrogen-bond acceptors (Lipinski definition) is 5. The van der Waals surface area contributed by atoms with Gasteiger partial charge in [0.15, 0.2) is 6.61 Å². The summed E-state index contributed by atoms with van der Waals surface area (Å²) in [5.74, 6) is -0.438. The Balaban J connectivity index is 2.59. The van der Waals surface area contributed by atoms with E-state index in [4.69, 9.17) is 14.2 Å². The fourth-order valence-corrected chi connectivity index (χ4v) is 1.27. The van der Waals surface area contributed by atoms with E-state index in [1.807, 2.05) is 0 Å². The molecule has 0 aliphatic carbocycles. The minimum absolute atomic E-state index is 0.180. The summed E-state index contributed by atoms with van der Waals surface area (Å²) in [5.41, 5.74) is 0.387. The van der Waals surface area contributed by atoms with Crippen molar-refractivity contribution in [2.45, 2.75) is 13.8 Å². The summed E-state index contributed by atoms with van der Waals surface area (Å²) in [4.78, 5) is 22.6. The molecule has 0 atom stereocenters. The number of carbonyl (C=O) groups excluding carboxylic acids is 2. The molecule has 0 radical (unpaired) electrons. The summed E-state index contributed by atoms with van der Waals surface area (Å²) in [5, 5.41) is 0. The maximum Gasteiger partial charge on any atom is 0.344 e. The van der Waals surface area contributed by atoms with Crippen LogP contribution in [-0.2, 0) is 14.3 Å². The normalized spacial score (nSPS) is 9.67. The molecule has 0 saturated heterocycles. The van der Waals surface area contributed by atoms with E-state index in [-0.39, 0.29) is 6.61 Å². The molecule has 0 fully saturated rings. The Kier molecular flexibility index (Phi) is 5.70. The van der Waals surface area contributed by atoms with Crippen molar-refractivity contribution >= 4 is 11.9 Å². The van der Waals surface area contributed by atoms with Crippen LogP contribution >= 0.6 is 0 Å². The molecule has 0 bridgehead atoms. The van der Waals surface area contributed by atoms with Gasteiger partial charge in [-0.2, -0.15) is 0 Å². The van der Waals surface area contributed by atoms with Gasteiger partial charge in [-0.05, 0) is 32.0 Å². The van der Waals surface area contributed by atoms with E-state index < -0.39 is 11.9 Å². The van der Waals surface area contributed by atoms with Gasteiger partial charge in [0.05, 0.1) is 18.8 Å². The first-order valence-corrected chi connectivity index (χ1v) is 5.73. The van der Waals surface area contributed by atoms with Gasteiger partial charge in [-0.1, -0.05) is 6.07 Å². The molecular weight excluding hydrogens is 236 g/mol. The lowest BCUT2D eigenvalue weighted by Crippen LogP contribution is -2.14. The molecule has 18 heavy (non-hydrogen) atoms. The molecule has 1 aromatic rings. The number of rotatable bonds is 6. The molecule has 5 nitrogen and oxygen atoms in total. The SMILES string of the molecule is CCOC(=O)COc1cccc(C(=O)OCC)c1. The Hall–Kier alpha value is -2.04. The highest BCUT2D eigenvalue weighted by molar-refractivity contribution is 5.89. The zero-order valence-corrected chi connectivity index (χ0v) is 10.5. The van der Waals surface area contributed by atoms with Crippen LogP contribution in [0.5, 0.6) is 5.75 Å². The maximum absolute atomic E-state index is 11.5. The van der Waals surface area contributed by atoms with Gasteiger partial charge in [0.2, 0.25) is 0 Å². The van der Waals surface area contributed by atoms with Crippen molar-refractivity contribution in [3.05, 3.63) is 29.8 Å². The molecular formula is C13H16O5. The van der Waals surface area contributed by atoms with Crippen molar-refractivity contribution in [3.8, 4) is 5.75 Å². The Morgan fingerprint density at radius 1 is 1.11 bits per heavy atom. The van der Waals surface area contributed by atoms with Crippen molar-refractivity contribution in [2.75, 3.05) is 19.8 Å². The fraction of sp³-hybridized carbons (Fsp3) is 0.385. The molecule has 0 aromatic heterocycles. The molecule has 1 rings (SSSR count). The molecule has 0 saturated carbocycles. The first-order valence-electron chi connectivity index (χ1n) is 5.73. The maximum atomic E-state index is 11.5. The van der Waals surface area contributed by atoms with E-state index in [0.717, 1.165) is 0 Å². The van der Waals surface area contributed by atoms with Crippen LogP contribution in [0, 0.1) is 0 Å². The van der Waals surface area contributed by atoms with Crippen molar-refractivity contribution < 1.29 is 23.8 Å². The third kappa shape index (κ3) is 4.45. The predicted octanol–water partition coefficient (Wildman–Crippen LogP) is 1.81. The first-order chi connectivity index (χ1) is 8.67. The van der Waals surface area contributed by atoms with Gasteiger partial charge in [0.1, 0.15) is 5.75 Å². The fourth-order valence-electron chi connectivity index (χ4n) is 1.27. The second-order valence-corrected chi connectivity index (χ2v) is 3.34. The lowest BCUT2D eigenvalue weighted by molar-refractivity contribution is -0.145. The highest BCUT2D eigenvalue weighted by Crippen LogP contribution is 2.14. The van der Waals surface area contributed by atoms with Crippen LogP contribution in [0.25, 0.3) is 0 Å². The average molecular weight is 252 g/mol. The summed E-state index contributed by atoms with van der Waals surface area (Å²) >= 11 is 0. The quantitative estimate of drug-likeness (QED) is 0.722. The molecule has 0 aliphatic rings. The molecule has 0 amide bonds. The Bertz CT molecular complexity index is 414. The van der Waals surface area contributed by atoms with E-state index in [0.29, 0.717) is 24.5 Å². The van der Waals surface area contributed by atoms with E-state index in [9.17, 15) is 9.59 Å². The van der Waals surface area contributed by atoms with Crippen LogP contribution in [0.4, 0.5) is 0 Å². The van der Waals surface area contributed by atoms with Crippen LogP contribution in [0.2, 0.25) is 0 Å². The van der Waals surface area contributed by atoms with E-state index in [1.165, 1.54) is 6.07 Å². The molecule has 98 valence electrons. The smallest absolute Gasteiger partial charge is 0.344 e. The zero-order valence-electron chi connectivity index (χ0n) is 10.5. The summed E-state index contributed by atoms with van der Waals surface area (Å²) in [6, 6.07) is 6.46. The number of ether oxygens (including phenoxy) is 3. The average Bonchev–Trinajstić information content (AvgIpc) is 2.37. The molecule has 0 aliphatic heterocycles. The van der Waals surface area contributed by atoms with Crippen LogP contribution in [0.1, 0.15) is 24.2 Å². The summed E-state index contributed by atoms with van der Waals surface area (Å²) in [7, 11) is 0. The number of hydrogen-bond donors (Lipinski definition) is 0. The summed E-state index contributed by atoms with van der Waals surface area (Å²) < 4.78 is 14.8. The molecule has 0 spiro atoms. The number of benzene rings is 1. The first kappa shape index (κ1) is 14.0. The van der Waals surface area contributed by atoms with Crippen LogP contribution < -0.4 is 4.74 Å². The van der Waals surface area contributed by atoms with E-state index >= 15 is 0 Å². The molecule has 0 N–H and O–H groups in total. The van der Waals surface area contributed by atoms with Crippen molar-refractivity contribution in [3.63, 3.8) is 0 Å². The van der Waals surface area contributed by atoms with Gasteiger partial charge >= 0.3 is 11.9 Å². The van der Waals surface area contributed by atoms with Crippen LogP contribution in [-0.4, -0.2) is 31.8 Å². The predicted molar refractivity (Wildman–Crippen MR) is 64.5 cm³/mol. The minimum atomic E-state index is -0.445. The van der Waals surface area contributed by atoms with Gasteiger partial charge in [-0.15, -0.1) is 0 Å². The molecule has 0 unspecified atom stereocenters. The van der Waals surface area contributed by atoms with Crippen LogP contribution in [0.3, 0.4) is 0 Å². The standard InChI is InChI=1S/C13H16O5/c1-3-16-12(14)9-18-11-7-5-6-10(8-11)13(15)17-4-2/h5-8H,3-4,9H2,1-2H3. The van der Waals surface area contributed by atoms with Crippen LogP contribution in [0.15, 0.2) is 24.3 Å². The second-order valence-electron chi connectivity index (χ2n) is 3.34. The highest BCUT2D eigenvalue weighted by atomic mass is 16.6. The van der Waals surface area contributed by atoms with Crippen molar-refractivity contribution in [1.82, 2.24) is 0 Å². The molecule has 5 heteroatoms. The third-order valence-corrected chi connectivity index (χ3v) is 2.01. The lowest BCUT2D eigenvalue weighted by Gasteiger charge is -2.07. The van der Waals surface area contributed by atoms with E-state index in [2.05, 4.69) is 0 Å². The Morgan fingerprint density at radius 2 is 1.83 bits per heavy atom.